The first-order chi connectivity index (χ1) is 19.5. The third kappa shape index (κ3) is 5.77. The first-order valence-corrected chi connectivity index (χ1v) is 15.9. The van der Waals surface area contributed by atoms with E-state index in [9.17, 15) is 27.2 Å². The molecule has 1 unspecified atom stereocenters. The molecule has 14 heteroatoms. The largest absolute Gasteiger partial charge is 0.444 e. The minimum atomic E-state index is -4.69. The van der Waals surface area contributed by atoms with Crippen molar-refractivity contribution < 1.29 is 27.1 Å². The van der Waals surface area contributed by atoms with Crippen LogP contribution in [0.15, 0.2) is 40.3 Å². The summed E-state index contributed by atoms with van der Waals surface area (Å²) < 4.78 is 64.2. The molecule has 2 aromatic heterocycles. The maximum Gasteiger partial charge on any atom is 0.416 e. The molecule has 3 aromatic rings. The van der Waals surface area contributed by atoms with Gasteiger partial charge in [0.05, 0.1) is 23.2 Å². The van der Waals surface area contributed by atoms with Gasteiger partial charge in [-0.1, -0.05) is 10.7 Å². The van der Waals surface area contributed by atoms with Gasteiger partial charge >= 0.3 is 18.0 Å². The van der Waals surface area contributed by atoms with Gasteiger partial charge in [0.25, 0.3) is 0 Å². The van der Waals surface area contributed by atoms with Gasteiger partial charge in [-0.05, 0) is 52.8 Å². The Balaban J connectivity index is 1.64. The third-order valence-corrected chi connectivity index (χ3v) is 10.0. The first-order valence-electron chi connectivity index (χ1n) is 13.5. The number of hydrogen-bond donors (Lipinski definition) is 1. The summed E-state index contributed by atoms with van der Waals surface area (Å²) in [5, 5.41) is 0.130. The molecule has 2 aliphatic heterocycles. The Bertz CT molecular complexity index is 1580. The number of carbonyl (C=O) groups excluding carboxylic acids is 1. The van der Waals surface area contributed by atoms with Crippen LogP contribution in [0.5, 0.6) is 0 Å². The number of amides is 1. The van der Waals surface area contributed by atoms with Gasteiger partial charge in [0.1, 0.15) is 17.2 Å². The van der Waals surface area contributed by atoms with Gasteiger partial charge in [0.2, 0.25) is 0 Å². The van der Waals surface area contributed by atoms with Gasteiger partial charge in [-0.2, -0.15) is 18.2 Å². The number of carbonyl (C=O) groups is 1. The number of hydrogen-bond acceptors (Lipinski definition) is 6. The standard InChI is InChI=1S/C28H32ClF4N5O3S/c1-15-11-36(12-16(2)38(15)26(40)41-27(3,4)5)24-19-8-18(28(31,32)33)9-22-23(19)37(25(39)35-24)13-17(14-42(22)29)20-10-34-7-6-21(20)30/h6-10,15-17,42H,11-14H2,1-5H3/t15-,16+,17-/m0/s1. The number of anilines is 1. The smallest absolute Gasteiger partial charge is 0.416 e. The normalized spacial score (nSPS) is 24.0. The molecule has 228 valence electrons. The Morgan fingerprint density at radius 1 is 1.12 bits per heavy atom. The van der Waals surface area contributed by atoms with E-state index in [1.54, 1.807) is 30.6 Å². The monoisotopic (exact) mass is 629 g/mol. The summed E-state index contributed by atoms with van der Waals surface area (Å²) in [5.41, 5.74) is -1.79. The molecule has 0 aliphatic carbocycles. The van der Waals surface area contributed by atoms with E-state index in [1.807, 2.05) is 13.8 Å². The molecular formula is C28H32ClF4N5O3S. The van der Waals surface area contributed by atoms with Crippen molar-refractivity contribution in [3.05, 3.63) is 58.0 Å². The summed E-state index contributed by atoms with van der Waals surface area (Å²) in [4.78, 5) is 38.3. The van der Waals surface area contributed by atoms with Gasteiger partial charge < -0.3 is 9.64 Å². The minimum Gasteiger partial charge on any atom is -0.444 e. The number of thiol groups is 1. The van der Waals surface area contributed by atoms with Crippen LogP contribution >= 0.6 is 20.8 Å². The first kappa shape index (κ1) is 30.4. The van der Waals surface area contributed by atoms with Crippen molar-refractivity contribution in [3.8, 4) is 0 Å². The van der Waals surface area contributed by atoms with E-state index < -0.39 is 63.1 Å². The van der Waals surface area contributed by atoms with E-state index in [2.05, 4.69) is 9.97 Å². The van der Waals surface area contributed by atoms with Crippen molar-refractivity contribution in [2.75, 3.05) is 23.7 Å². The molecule has 4 atom stereocenters. The second-order valence-corrected chi connectivity index (χ2v) is 14.6. The molecule has 0 spiro atoms. The Hall–Kier alpha value is -3.06. The summed E-state index contributed by atoms with van der Waals surface area (Å²) in [6, 6.07) is 2.40. The molecule has 4 heterocycles. The number of rotatable bonds is 2. The SMILES string of the molecule is C[C@@H]1CN(c2nc(=O)n3c4c(cc(C(F)(F)F)cc24)[SH](Cl)C[C@@H](c2cnccc2F)C3)C[C@H](C)N1C(=O)OC(C)(C)C. The molecule has 0 saturated carbocycles. The number of aromatic nitrogens is 3. The lowest BCUT2D eigenvalue weighted by atomic mass is 10.0. The van der Waals surface area contributed by atoms with Crippen LogP contribution in [0.2, 0.25) is 0 Å². The quantitative estimate of drug-likeness (QED) is 0.273. The number of benzene rings is 1. The fourth-order valence-corrected chi connectivity index (χ4v) is 8.30. The fraction of sp³-hybridized carbons (Fsp3) is 0.500. The van der Waals surface area contributed by atoms with Crippen molar-refractivity contribution in [3.63, 3.8) is 0 Å². The highest BCUT2D eigenvalue weighted by Crippen LogP contribution is 2.52. The Kier molecular flexibility index (Phi) is 7.88. The van der Waals surface area contributed by atoms with Crippen LogP contribution < -0.4 is 10.6 Å². The molecule has 0 N–H and O–H groups in total. The molecule has 42 heavy (non-hydrogen) atoms. The Morgan fingerprint density at radius 2 is 1.79 bits per heavy atom. The molecule has 0 bridgehead atoms. The van der Waals surface area contributed by atoms with Gasteiger partial charge in [0.15, 0.2) is 0 Å². The van der Waals surface area contributed by atoms with Crippen LogP contribution in [-0.2, 0) is 17.5 Å². The van der Waals surface area contributed by atoms with Crippen LogP contribution in [0.4, 0.5) is 28.2 Å². The van der Waals surface area contributed by atoms with Crippen LogP contribution in [0.1, 0.15) is 51.7 Å². The average Bonchev–Trinajstić information content (AvgIpc) is 3.01. The predicted octanol–water partition coefficient (Wildman–Crippen LogP) is 6.09. The fourth-order valence-electron chi connectivity index (χ4n) is 5.77. The molecule has 2 aliphatic rings. The van der Waals surface area contributed by atoms with Crippen LogP contribution in [0, 0.1) is 5.82 Å². The lowest BCUT2D eigenvalue weighted by Crippen LogP contribution is -2.59. The zero-order valence-corrected chi connectivity index (χ0v) is 25.4. The number of alkyl halides is 3. The zero-order valence-electron chi connectivity index (χ0n) is 23.7. The molecule has 5 rings (SSSR count). The highest BCUT2D eigenvalue weighted by Gasteiger charge is 2.39. The lowest BCUT2D eigenvalue weighted by Gasteiger charge is -2.45. The number of piperazine rings is 1. The van der Waals surface area contributed by atoms with Crippen molar-refractivity contribution in [1.29, 1.82) is 0 Å². The molecule has 1 amide bonds. The maximum absolute atomic E-state index is 14.8. The topological polar surface area (TPSA) is 80.6 Å². The van der Waals surface area contributed by atoms with Gasteiger partial charge in [-0.25, -0.2) is 14.0 Å². The number of nitrogens with zero attached hydrogens (tertiary/aromatic N) is 5. The second-order valence-electron chi connectivity index (χ2n) is 11.8. The molecular weight excluding hydrogens is 598 g/mol. The summed E-state index contributed by atoms with van der Waals surface area (Å²) >= 11 is 0. The molecule has 1 aromatic carbocycles. The van der Waals surface area contributed by atoms with Gasteiger partial charge in [0, 0.05) is 59.5 Å². The van der Waals surface area contributed by atoms with Gasteiger partial charge in [-0.3, -0.25) is 14.5 Å². The Morgan fingerprint density at radius 3 is 2.38 bits per heavy atom. The van der Waals surface area contributed by atoms with Crippen LogP contribution in [0.3, 0.4) is 0 Å². The lowest BCUT2D eigenvalue weighted by molar-refractivity contribution is -0.137. The van der Waals surface area contributed by atoms with Crippen molar-refractivity contribution in [2.24, 2.45) is 0 Å². The van der Waals surface area contributed by atoms with Crippen molar-refractivity contribution in [1.82, 2.24) is 19.4 Å². The van der Waals surface area contributed by atoms with Crippen LogP contribution in [0.25, 0.3) is 10.9 Å². The van der Waals surface area contributed by atoms with E-state index in [-0.39, 0.29) is 52.6 Å². The molecule has 1 saturated heterocycles. The number of halogens is 5. The third-order valence-electron chi connectivity index (χ3n) is 7.46. The minimum absolute atomic E-state index is 0.0195. The highest BCUT2D eigenvalue weighted by atomic mass is 35.7. The van der Waals surface area contributed by atoms with E-state index >= 15 is 0 Å². The number of pyridine rings is 1. The van der Waals surface area contributed by atoms with Gasteiger partial charge in [-0.15, -0.1) is 10.1 Å². The maximum atomic E-state index is 14.8. The number of ether oxygens (including phenoxy) is 1. The van der Waals surface area contributed by atoms with E-state index in [4.69, 9.17) is 15.4 Å². The highest BCUT2D eigenvalue weighted by molar-refractivity contribution is 8.36. The average molecular weight is 630 g/mol. The van der Waals surface area contributed by atoms with E-state index in [1.165, 1.54) is 23.0 Å². The van der Waals surface area contributed by atoms with Crippen molar-refractivity contribution in [2.45, 2.75) is 75.8 Å². The zero-order chi connectivity index (χ0) is 30.7. The summed E-state index contributed by atoms with van der Waals surface area (Å²) in [6.45, 7) is 9.31. The summed E-state index contributed by atoms with van der Waals surface area (Å²) in [5.74, 6) is -0.895. The Labute approximate surface area is 247 Å². The summed E-state index contributed by atoms with van der Waals surface area (Å²) in [7, 11) is 5.08. The second kappa shape index (κ2) is 10.9. The van der Waals surface area contributed by atoms with E-state index in [0.29, 0.717) is 0 Å². The summed E-state index contributed by atoms with van der Waals surface area (Å²) in [6.07, 6.45) is -2.53. The van der Waals surface area contributed by atoms with E-state index in [0.717, 1.165) is 12.1 Å². The predicted molar refractivity (Wildman–Crippen MR) is 155 cm³/mol. The van der Waals surface area contributed by atoms with Crippen LogP contribution in [-0.4, -0.2) is 62.1 Å². The molecule has 0 radical (unpaired) electrons. The molecule has 8 nitrogen and oxygen atoms in total. The molecule has 1 fully saturated rings. The van der Waals surface area contributed by atoms with Crippen molar-refractivity contribution >= 4 is 43.6 Å².